The number of aliphatic hydroxyl groups is 2. The number of terminal acetylenes is 1. The summed E-state index contributed by atoms with van der Waals surface area (Å²) >= 11 is 0. The van der Waals surface area contributed by atoms with Crippen molar-refractivity contribution in [3.8, 4) is 12.1 Å². The Labute approximate surface area is 161 Å². The van der Waals surface area contributed by atoms with Crippen LogP contribution in [0.2, 0.25) is 0 Å². The molecule has 1 aliphatic rings. The van der Waals surface area contributed by atoms with Gasteiger partial charge in [0.1, 0.15) is 18.3 Å². The van der Waals surface area contributed by atoms with Gasteiger partial charge in [0.25, 0.3) is 5.56 Å². The number of aliphatic hydroxyl groups excluding tert-OH is 2. The van der Waals surface area contributed by atoms with E-state index in [0.29, 0.717) is 0 Å². The zero-order valence-corrected chi connectivity index (χ0v) is 16.0. The smallest absolute Gasteiger partial charge is 0.387 e. The highest BCUT2D eigenvalue weighted by molar-refractivity contribution is 7.67. The van der Waals surface area contributed by atoms with Crippen molar-refractivity contribution in [1.82, 2.24) is 19.5 Å². The summed E-state index contributed by atoms with van der Waals surface area (Å²) in [4.78, 5) is 40.3. The van der Waals surface area contributed by atoms with Crippen LogP contribution in [0.1, 0.15) is 6.23 Å². The highest BCUT2D eigenvalue weighted by Crippen LogP contribution is 2.59. The number of anilines is 1. The van der Waals surface area contributed by atoms with E-state index in [1.165, 1.54) is 5.66 Å². The summed E-state index contributed by atoms with van der Waals surface area (Å²) < 4.78 is 37.9. The van der Waals surface area contributed by atoms with Gasteiger partial charge in [-0.15, -0.1) is 6.42 Å². The maximum atomic E-state index is 11.8. The van der Waals surface area contributed by atoms with Crippen molar-refractivity contribution in [1.29, 1.82) is 0 Å². The molecule has 6 unspecified atom stereocenters. The molecule has 0 bridgehead atoms. The average Bonchev–Trinajstić information content (AvgIpc) is 3.15. The van der Waals surface area contributed by atoms with Crippen LogP contribution in [0.25, 0.3) is 11.2 Å². The Bertz CT molecular complexity index is 1120. The summed E-state index contributed by atoms with van der Waals surface area (Å²) in [5.41, 5.74) is 5.99. The van der Waals surface area contributed by atoms with Crippen molar-refractivity contribution >= 4 is 32.5 Å². The summed E-state index contributed by atoms with van der Waals surface area (Å²) in [7, 11) is -9.88. The molecule has 0 saturated carbocycles. The molecule has 29 heavy (non-hydrogen) atoms. The number of hydrogen-bond donors (Lipinski definition) is 6. The second kappa shape index (κ2) is 7.62. The molecule has 0 aromatic carbocycles. The van der Waals surface area contributed by atoms with E-state index in [1.807, 2.05) is 0 Å². The minimum Gasteiger partial charge on any atom is -0.387 e. The molecule has 2 aromatic rings. The van der Waals surface area contributed by atoms with E-state index in [1.54, 1.807) is 0 Å². The third kappa shape index (κ3) is 4.41. The van der Waals surface area contributed by atoms with Gasteiger partial charge in [0, 0.05) is 5.66 Å². The Morgan fingerprint density at radius 3 is 2.72 bits per heavy atom. The molecule has 1 aliphatic heterocycles. The van der Waals surface area contributed by atoms with Crippen LogP contribution >= 0.6 is 15.4 Å². The number of H-pyrrole nitrogens is 1. The number of aromatic nitrogens is 4. The van der Waals surface area contributed by atoms with Gasteiger partial charge in [-0.25, -0.2) is 14.1 Å². The van der Waals surface area contributed by atoms with Gasteiger partial charge in [0.2, 0.25) is 5.95 Å². The standard InChI is InChI=1S/C12H15N5O10P2/c1-2-28(21,22)27-29(23,24)25-3-5-7(18)8(19)11(26-5)17-4-14-6-9(17)15-12(13)16-10(6)20/h1,4-5,7-8,11,18-19H,3H2,(H,21,22)(H,23,24)(H3,13,15,16,20). The Morgan fingerprint density at radius 1 is 1.38 bits per heavy atom. The van der Waals surface area contributed by atoms with Gasteiger partial charge >= 0.3 is 15.4 Å². The second-order valence-corrected chi connectivity index (χ2v) is 8.96. The van der Waals surface area contributed by atoms with Crippen molar-refractivity contribution in [3.63, 3.8) is 0 Å². The quantitative estimate of drug-likeness (QED) is 0.211. The number of nitrogens with one attached hydrogen (secondary N) is 1. The predicted octanol–water partition coefficient (Wildman–Crippen LogP) is -1.77. The van der Waals surface area contributed by atoms with E-state index in [-0.39, 0.29) is 17.1 Å². The van der Waals surface area contributed by atoms with Crippen molar-refractivity contribution in [2.75, 3.05) is 12.3 Å². The lowest BCUT2D eigenvalue weighted by molar-refractivity contribution is -0.0501. The number of nitrogens with zero attached hydrogens (tertiary/aromatic N) is 3. The number of phosphoric ester groups is 1. The molecule has 15 nitrogen and oxygen atoms in total. The van der Waals surface area contributed by atoms with Gasteiger partial charge in [-0.05, 0) is 0 Å². The van der Waals surface area contributed by atoms with Gasteiger partial charge in [-0.3, -0.25) is 18.9 Å². The Hall–Kier alpha value is -2.11. The van der Waals surface area contributed by atoms with Crippen LogP contribution in [0.3, 0.4) is 0 Å². The monoisotopic (exact) mass is 451 g/mol. The molecule has 158 valence electrons. The van der Waals surface area contributed by atoms with Gasteiger partial charge in [-0.2, -0.15) is 9.29 Å². The van der Waals surface area contributed by atoms with Crippen LogP contribution in [0.4, 0.5) is 5.95 Å². The second-order valence-electron chi connectivity index (χ2n) is 5.82. The lowest BCUT2D eigenvalue weighted by Crippen LogP contribution is -2.33. The van der Waals surface area contributed by atoms with Crippen LogP contribution in [-0.2, 0) is 22.7 Å². The van der Waals surface area contributed by atoms with Gasteiger partial charge in [0.05, 0.1) is 12.9 Å². The zero-order valence-electron chi connectivity index (χ0n) is 14.2. The van der Waals surface area contributed by atoms with Crippen molar-refractivity contribution in [2.45, 2.75) is 24.5 Å². The van der Waals surface area contributed by atoms with Gasteiger partial charge in [0.15, 0.2) is 17.4 Å². The molecular formula is C12H15N5O10P2. The predicted molar refractivity (Wildman–Crippen MR) is 94.0 cm³/mol. The van der Waals surface area contributed by atoms with Crippen LogP contribution in [0, 0.1) is 12.1 Å². The van der Waals surface area contributed by atoms with Crippen molar-refractivity contribution in [3.05, 3.63) is 16.7 Å². The molecule has 7 N–H and O–H groups in total. The largest absolute Gasteiger partial charge is 0.480 e. The van der Waals surface area contributed by atoms with E-state index in [0.717, 1.165) is 10.9 Å². The summed E-state index contributed by atoms with van der Waals surface area (Å²) in [6.07, 6.45) is -0.0896. The molecule has 0 spiro atoms. The van der Waals surface area contributed by atoms with Crippen LogP contribution in [0.5, 0.6) is 0 Å². The summed E-state index contributed by atoms with van der Waals surface area (Å²) in [6, 6.07) is 0. The number of phosphoric acid groups is 1. The first kappa shape index (κ1) is 21.6. The summed E-state index contributed by atoms with van der Waals surface area (Å²) in [5.74, 6) is -0.225. The van der Waals surface area contributed by atoms with E-state index >= 15 is 0 Å². The van der Waals surface area contributed by atoms with Gasteiger partial charge in [-0.1, -0.05) is 0 Å². The maximum absolute atomic E-state index is 11.8. The van der Waals surface area contributed by atoms with Crippen LogP contribution in [0.15, 0.2) is 11.1 Å². The first-order valence-electron chi connectivity index (χ1n) is 7.67. The first-order valence-corrected chi connectivity index (χ1v) is 10.7. The molecule has 1 fully saturated rings. The Kier molecular flexibility index (Phi) is 5.67. The molecule has 3 heterocycles. The fourth-order valence-corrected chi connectivity index (χ4v) is 4.41. The fourth-order valence-electron chi connectivity index (χ4n) is 2.58. The molecule has 0 amide bonds. The summed E-state index contributed by atoms with van der Waals surface area (Å²) in [5, 5.41) is 20.4. The van der Waals surface area contributed by atoms with E-state index in [9.17, 15) is 29.0 Å². The minimum atomic E-state index is -5.08. The molecule has 1 saturated heterocycles. The number of fused-ring (bicyclic) bond motifs is 1. The normalized spacial score (nSPS) is 28.7. The number of nitrogens with two attached hydrogens (primary N) is 1. The highest BCUT2D eigenvalue weighted by atomic mass is 31.3. The Morgan fingerprint density at radius 2 is 2.07 bits per heavy atom. The van der Waals surface area contributed by atoms with E-state index in [4.69, 9.17) is 15.4 Å². The SMILES string of the molecule is C#CP(=O)(O)OP(=O)(O)OCC1OC(n2cnc3c(=O)[nH]c(N)nc32)C(O)C1O. The third-order valence-electron chi connectivity index (χ3n) is 3.84. The fraction of sp³-hybridized carbons (Fsp3) is 0.417. The summed E-state index contributed by atoms with van der Waals surface area (Å²) in [6.45, 7) is -0.824. The van der Waals surface area contributed by atoms with Gasteiger partial charge < -0.3 is 30.5 Å². The zero-order chi connectivity index (χ0) is 21.6. The Balaban J connectivity index is 1.78. The number of nitrogen functional groups attached to an aromatic ring is 1. The first-order chi connectivity index (χ1) is 13.4. The number of aromatic amines is 1. The lowest BCUT2D eigenvalue weighted by Gasteiger charge is -2.18. The third-order valence-corrected chi connectivity index (χ3v) is 6.35. The molecule has 0 aliphatic carbocycles. The molecule has 17 heteroatoms. The number of rotatable bonds is 6. The lowest BCUT2D eigenvalue weighted by atomic mass is 10.1. The molecular weight excluding hydrogens is 436 g/mol. The molecule has 6 atom stereocenters. The van der Waals surface area contributed by atoms with Crippen LogP contribution in [-0.4, -0.2) is 64.4 Å². The van der Waals surface area contributed by atoms with E-state index < -0.39 is 52.1 Å². The van der Waals surface area contributed by atoms with Crippen molar-refractivity contribution < 1.29 is 42.7 Å². The van der Waals surface area contributed by atoms with Crippen LogP contribution < -0.4 is 11.3 Å². The average molecular weight is 451 g/mol. The topological polar surface area (TPSA) is 232 Å². The maximum Gasteiger partial charge on any atom is 0.480 e. The van der Waals surface area contributed by atoms with Crippen molar-refractivity contribution in [2.24, 2.45) is 0 Å². The molecule has 0 radical (unpaired) electrons. The minimum absolute atomic E-state index is 0.0459. The molecule has 3 rings (SSSR count). The van der Waals surface area contributed by atoms with E-state index in [2.05, 4.69) is 30.2 Å². The number of ether oxygens (including phenoxy) is 1. The number of imidazole rings is 1. The number of hydrogen-bond acceptors (Lipinski definition) is 11. The highest BCUT2D eigenvalue weighted by Gasteiger charge is 2.46. The molecule has 2 aromatic heterocycles.